The van der Waals surface area contributed by atoms with Crippen molar-refractivity contribution in [2.24, 2.45) is 0 Å². The van der Waals surface area contributed by atoms with Gasteiger partial charge in [0, 0.05) is 11.9 Å². The van der Waals surface area contributed by atoms with E-state index in [1.807, 2.05) is 30.5 Å². The fraction of sp³-hybridized carbons (Fsp3) is 0.273. The minimum atomic E-state index is -0.772. The Balaban J connectivity index is 1.98. The molecule has 2 amide bonds. The number of halogens is 1. The van der Waals surface area contributed by atoms with Crippen molar-refractivity contribution in [3.63, 3.8) is 0 Å². The topological polar surface area (TPSA) is 67.9 Å². The average Bonchev–Trinajstić information content (AvgIpc) is 2.75. The number of carbonyl (C=O) groups excluding carboxylic acids is 2. The van der Waals surface area contributed by atoms with Crippen molar-refractivity contribution in [3.05, 3.63) is 71.2 Å². The maximum Gasteiger partial charge on any atom is 0.338 e. The van der Waals surface area contributed by atoms with Crippen molar-refractivity contribution in [3.8, 4) is 5.75 Å². The van der Waals surface area contributed by atoms with Crippen LogP contribution in [0.3, 0.4) is 0 Å². The van der Waals surface area contributed by atoms with Crippen LogP contribution in [-0.2, 0) is 9.53 Å². The minimum Gasteiger partial charge on any atom is -0.487 e. The summed E-state index contributed by atoms with van der Waals surface area (Å²) in [5.74, 6) is -0.354. The Morgan fingerprint density at radius 3 is 2.43 bits per heavy atom. The molecule has 0 saturated carbocycles. The van der Waals surface area contributed by atoms with Gasteiger partial charge in [-0.2, -0.15) is 0 Å². The minimum absolute atomic E-state index is 0.00558. The highest BCUT2D eigenvalue weighted by Gasteiger charge is 2.37. The standard InChI is InChI=1S/C22H23FN2O4S/c1-4-28-21(26)19-18(13-29-16-9-11-17(30-3)12-10-16)25(2)22(27)24-20(19)14-5-7-15(23)8-6-14/h5-12,20H,4,13H2,1-3H3,(H,24,27). The Bertz CT molecular complexity index is 945. The summed E-state index contributed by atoms with van der Waals surface area (Å²) in [6.45, 7) is 1.88. The summed E-state index contributed by atoms with van der Waals surface area (Å²) in [6, 6.07) is 12.0. The van der Waals surface area contributed by atoms with Gasteiger partial charge in [-0.1, -0.05) is 12.1 Å². The second kappa shape index (κ2) is 9.67. The maximum absolute atomic E-state index is 13.4. The van der Waals surface area contributed by atoms with Gasteiger partial charge in [-0.15, -0.1) is 11.8 Å². The molecule has 0 aliphatic carbocycles. The van der Waals surface area contributed by atoms with Crippen LogP contribution >= 0.6 is 11.8 Å². The Hall–Kier alpha value is -3.00. The van der Waals surface area contributed by atoms with E-state index < -0.39 is 23.9 Å². The quantitative estimate of drug-likeness (QED) is 0.528. The first kappa shape index (κ1) is 21.7. The van der Waals surface area contributed by atoms with Crippen LogP contribution < -0.4 is 10.1 Å². The van der Waals surface area contributed by atoms with Crippen LogP contribution in [0.4, 0.5) is 9.18 Å². The Labute approximate surface area is 179 Å². The van der Waals surface area contributed by atoms with Crippen LogP contribution in [0.5, 0.6) is 5.75 Å². The van der Waals surface area contributed by atoms with E-state index in [2.05, 4.69) is 5.32 Å². The Kier molecular flexibility index (Phi) is 6.99. The monoisotopic (exact) mass is 430 g/mol. The molecule has 158 valence electrons. The number of hydrogen-bond acceptors (Lipinski definition) is 5. The van der Waals surface area contributed by atoms with Gasteiger partial charge in [0.05, 0.1) is 23.9 Å². The first-order valence-corrected chi connectivity index (χ1v) is 10.6. The summed E-state index contributed by atoms with van der Waals surface area (Å²) in [7, 11) is 1.56. The lowest BCUT2D eigenvalue weighted by atomic mass is 9.94. The van der Waals surface area contributed by atoms with Gasteiger partial charge < -0.3 is 14.8 Å². The second-order valence-corrected chi connectivity index (χ2v) is 7.42. The summed E-state index contributed by atoms with van der Waals surface area (Å²) in [4.78, 5) is 27.8. The van der Waals surface area contributed by atoms with E-state index in [0.717, 1.165) is 4.90 Å². The molecule has 2 aromatic carbocycles. The van der Waals surface area contributed by atoms with Crippen LogP contribution in [0.2, 0.25) is 0 Å². The van der Waals surface area contributed by atoms with Gasteiger partial charge in [0.2, 0.25) is 0 Å². The van der Waals surface area contributed by atoms with Crippen molar-refractivity contribution in [1.29, 1.82) is 0 Å². The molecule has 1 unspecified atom stereocenters. The van der Waals surface area contributed by atoms with E-state index >= 15 is 0 Å². The van der Waals surface area contributed by atoms with Crippen molar-refractivity contribution >= 4 is 23.8 Å². The lowest BCUT2D eigenvalue weighted by Crippen LogP contribution is -2.48. The molecule has 1 atom stereocenters. The fourth-order valence-electron chi connectivity index (χ4n) is 3.11. The second-order valence-electron chi connectivity index (χ2n) is 6.54. The highest BCUT2D eigenvalue weighted by molar-refractivity contribution is 7.98. The molecule has 0 fully saturated rings. The molecular weight excluding hydrogens is 407 g/mol. The average molecular weight is 431 g/mol. The number of esters is 1. The van der Waals surface area contributed by atoms with E-state index in [1.54, 1.807) is 25.7 Å². The van der Waals surface area contributed by atoms with Crippen LogP contribution in [0, 0.1) is 5.82 Å². The third-order valence-electron chi connectivity index (χ3n) is 4.71. The normalized spacial score (nSPS) is 16.3. The van der Waals surface area contributed by atoms with E-state index in [9.17, 15) is 14.0 Å². The van der Waals surface area contributed by atoms with Gasteiger partial charge in [-0.05, 0) is 55.1 Å². The third kappa shape index (κ3) is 4.76. The maximum atomic E-state index is 13.4. The van der Waals surface area contributed by atoms with E-state index in [4.69, 9.17) is 9.47 Å². The van der Waals surface area contributed by atoms with Crippen LogP contribution in [0.1, 0.15) is 18.5 Å². The SMILES string of the molecule is CCOC(=O)C1=C(COc2ccc(SC)cc2)N(C)C(=O)NC1c1ccc(F)cc1. The zero-order valence-electron chi connectivity index (χ0n) is 17.0. The highest BCUT2D eigenvalue weighted by atomic mass is 32.2. The zero-order chi connectivity index (χ0) is 21.7. The summed E-state index contributed by atoms with van der Waals surface area (Å²) < 4.78 is 24.5. The number of hydrogen-bond donors (Lipinski definition) is 1. The number of ether oxygens (including phenoxy) is 2. The number of nitrogens with zero attached hydrogens (tertiary/aromatic N) is 1. The molecule has 3 rings (SSSR count). The molecule has 1 aliphatic rings. The van der Waals surface area contributed by atoms with Crippen molar-refractivity contribution in [2.45, 2.75) is 17.9 Å². The van der Waals surface area contributed by atoms with Crippen molar-refractivity contribution < 1.29 is 23.5 Å². The number of likely N-dealkylation sites (N-methyl/N-ethyl adjacent to an activating group) is 1. The lowest BCUT2D eigenvalue weighted by molar-refractivity contribution is -0.139. The van der Waals surface area contributed by atoms with Gasteiger partial charge in [-0.3, -0.25) is 4.90 Å². The lowest BCUT2D eigenvalue weighted by Gasteiger charge is -2.34. The number of urea groups is 1. The van der Waals surface area contributed by atoms with Crippen LogP contribution in [0.15, 0.2) is 64.7 Å². The summed E-state index contributed by atoms with van der Waals surface area (Å²) in [5, 5.41) is 2.78. The number of rotatable bonds is 7. The van der Waals surface area contributed by atoms with Crippen molar-refractivity contribution in [2.75, 3.05) is 26.5 Å². The first-order chi connectivity index (χ1) is 14.4. The third-order valence-corrected chi connectivity index (χ3v) is 5.45. The largest absolute Gasteiger partial charge is 0.487 e. The number of thioether (sulfide) groups is 1. The molecule has 1 heterocycles. The number of benzene rings is 2. The molecule has 0 radical (unpaired) electrons. The van der Waals surface area contributed by atoms with Gasteiger partial charge >= 0.3 is 12.0 Å². The first-order valence-electron chi connectivity index (χ1n) is 9.41. The zero-order valence-corrected chi connectivity index (χ0v) is 17.8. The molecule has 6 nitrogen and oxygen atoms in total. The fourth-order valence-corrected chi connectivity index (χ4v) is 3.52. The van der Waals surface area contributed by atoms with E-state index in [1.165, 1.54) is 29.2 Å². The molecular formula is C22H23FN2O4S. The summed E-state index contributed by atoms with van der Waals surface area (Å²) in [6.07, 6.45) is 1.98. The molecule has 0 saturated heterocycles. The summed E-state index contributed by atoms with van der Waals surface area (Å²) in [5.41, 5.74) is 1.22. The molecule has 1 N–H and O–H groups in total. The molecule has 8 heteroatoms. The predicted molar refractivity (Wildman–Crippen MR) is 113 cm³/mol. The highest BCUT2D eigenvalue weighted by Crippen LogP contribution is 2.31. The van der Waals surface area contributed by atoms with Gasteiger partial charge in [0.15, 0.2) is 0 Å². The molecule has 0 spiro atoms. The van der Waals surface area contributed by atoms with Crippen molar-refractivity contribution in [1.82, 2.24) is 10.2 Å². The molecule has 2 aromatic rings. The molecule has 0 aromatic heterocycles. The Morgan fingerprint density at radius 2 is 1.83 bits per heavy atom. The number of carbonyl (C=O) groups is 2. The predicted octanol–water partition coefficient (Wildman–Crippen LogP) is 4.14. The Morgan fingerprint density at radius 1 is 1.17 bits per heavy atom. The van der Waals surface area contributed by atoms with Crippen LogP contribution in [-0.4, -0.2) is 43.4 Å². The molecule has 1 aliphatic heterocycles. The van der Waals surface area contributed by atoms with E-state index in [-0.39, 0.29) is 18.8 Å². The molecule has 0 bridgehead atoms. The van der Waals surface area contributed by atoms with Gasteiger partial charge in [0.25, 0.3) is 0 Å². The van der Waals surface area contributed by atoms with Gasteiger partial charge in [0.1, 0.15) is 18.2 Å². The number of amides is 2. The summed E-state index contributed by atoms with van der Waals surface area (Å²) >= 11 is 1.62. The smallest absolute Gasteiger partial charge is 0.338 e. The van der Waals surface area contributed by atoms with Gasteiger partial charge in [-0.25, -0.2) is 14.0 Å². The van der Waals surface area contributed by atoms with Crippen LogP contribution in [0.25, 0.3) is 0 Å². The van der Waals surface area contributed by atoms with E-state index in [0.29, 0.717) is 17.0 Å². The number of nitrogens with one attached hydrogen (secondary N) is 1. The molecule has 30 heavy (non-hydrogen) atoms.